The van der Waals surface area contributed by atoms with Gasteiger partial charge in [0.1, 0.15) is 11.3 Å². The molecule has 0 saturated heterocycles. The van der Waals surface area contributed by atoms with Crippen LogP contribution in [-0.2, 0) is 4.74 Å². The number of nitrogens with one attached hydrogen (secondary N) is 1. The second kappa shape index (κ2) is 8.28. The van der Waals surface area contributed by atoms with Crippen LogP contribution in [0, 0.1) is 13.8 Å². The van der Waals surface area contributed by atoms with Crippen molar-refractivity contribution in [3.05, 3.63) is 52.8 Å². The first-order valence-corrected chi connectivity index (χ1v) is 8.07. The topological polar surface area (TPSA) is 77.5 Å². The predicted octanol–water partition coefficient (Wildman–Crippen LogP) is 3.53. The molecule has 2 aromatic rings. The van der Waals surface area contributed by atoms with E-state index in [1.54, 1.807) is 37.3 Å². The molecule has 0 bridgehead atoms. The quantitative estimate of drug-likeness (QED) is 0.813. The number of benzene rings is 1. The Bertz CT molecular complexity index is 787. The third-order valence-corrected chi connectivity index (χ3v) is 3.56. The summed E-state index contributed by atoms with van der Waals surface area (Å²) in [5, 5.41) is 2.76. The average Bonchev–Trinajstić information content (AvgIpc) is 2.59. The number of para-hydroxylation sites is 1. The minimum absolute atomic E-state index is 0.284. The Kier molecular flexibility index (Phi) is 6.11. The summed E-state index contributed by atoms with van der Waals surface area (Å²) in [4.78, 5) is 29.0. The molecule has 1 amide bonds. The van der Waals surface area contributed by atoms with Gasteiger partial charge in [-0.3, -0.25) is 9.78 Å². The summed E-state index contributed by atoms with van der Waals surface area (Å²) in [6.45, 7) is 6.10. The summed E-state index contributed by atoms with van der Waals surface area (Å²) in [5.74, 6) is -0.413. The van der Waals surface area contributed by atoms with E-state index in [1.165, 1.54) is 7.11 Å². The normalized spacial score (nSPS) is 10.2. The fourth-order valence-electron chi connectivity index (χ4n) is 2.46. The van der Waals surface area contributed by atoms with Crippen LogP contribution in [0.2, 0.25) is 0 Å². The monoisotopic (exact) mass is 342 g/mol. The summed E-state index contributed by atoms with van der Waals surface area (Å²) < 4.78 is 10.5. The van der Waals surface area contributed by atoms with Gasteiger partial charge in [-0.2, -0.15) is 0 Å². The molecular weight excluding hydrogens is 320 g/mol. The Morgan fingerprint density at radius 3 is 2.60 bits per heavy atom. The standard InChI is InChI=1S/C19H22N2O4/c1-5-10-25-16-11-12(2)20-13(3)17(16)18(22)21-15-9-7-6-8-14(15)19(23)24-4/h6-9,11H,5,10H2,1-4H3,(H,21,22). The van der Waals surface area contributed by atoms with E-state index in [9.17, 15) is 9.59 Å². The molecule has 1 aromatic carbocycles. The summed E-state index contributed by atoms with van der Waals surface area (Å²) >= 11 is 0. The van der Waals surface area contributed by atoms with Gasteiger partial charge in [0.05, 0.1) is 30.7 Å². The number of carbonyl (C=O) groups excluding carboxylic acids is 2. The molecule has 0 radical (unpaired) electrons. The molecule has 0 spiro atoms. The minimum Gasteiger partial charge on any atom is -0.493 e. The zero-order valence-corrected chi connectivity index (χ0v) is 14.9. The van der Waals surface area contributed by atoms with E-state index < -0.39 is 5.97 Å². The number of pyridine rings is 1. The summed E-state index contributed by atoms with van der Waals surface area (Å²) in [5.41, 5.74) is 2.36. The molecule has 1 heterocycles. The van der Waals surface area contributed by atoms with Crippen LogP contribution in [0.4, 0.5) is 5.69 Å². The highest BCUT2D eigenvalue weighted by Crippen LogP contribution is 2.25. The number of rotatable bonds is 6. The fourth-order valence-corrected chi connectivity index (χ4v) is 2.46. The second-order valence-electron chi connectivity index (χ2n) is 5.56. The van der Waals surface area contributed by atoms with E-state index in [0.717, 1.165) is 12.1 Å². The zero-order valence-electron chi connectivity index (χ0n) is 14.9. The molecule has 0 aliphatic carbocycles. The summed E-state index contributed by atoms with van der Waals surface area (Å²) in [6.07, 6.45) is 0.826. The lowest BCUT2D eigenvalue weighted by Gasteiger charge is -2.15. The van der Waals surface area contributed by atoms with Gasteiger partial charge >= 0.3 is 5.97 Å². The molecule has 6 nitrogen and oxygen atoms in total. The molecule has 132 valence electrons. The largest absolute Gasteiger partial charge is 0.493 e. The molecule has 6 heteroatoms. The highest BCUT2D eigenvalue weighted by Gasteiger charge is 2.20. The molecule has 0 fully saturated rings. The third kappa shape index (κ3) is 4.35. The maximum Gasteiger partial charge on any atom is 0.339 e. The van der Waals surface area contributed by atoms with Crippen molar-refractivity contribution in [2.75, 3.05) is 19.0 Å². The number of aryl methyl sites for hydroxylation is 2. The van der Waals surface area contributed by atoms with Crippen LogP contribution < -0.4 is 10.1 Å². The van der Waals surface area contributed by atoms with Crippen molar-refractivity contribution >= 4 is 17.6 Å². The maximum absolute atomic E-state index is 12.8. The molecule has 0 atom stereocenters. The lowest BCUT2D eigenvalue weighted by atomic mass is 10.1. The fraction of sp³-hybridized carbons (Fsp3) is 0.316. The Morgan fingerprint density at radius 1 is 1.20 bits per heavy atom. The van der Waals surface area contributed by atoms with Crippen LogP contribution in [0.5, 0.6) is 5.75 Å². The van der Waals surface area contributed by atoms with Crippen molar-refractivity contribution in [1.29, 1.82) is 0 Å². The van der Waals surface area contributed by atoms with E-state index in [-0.39, 0.29) is 11.5 Å². The Labute approximate surface area is 147 Å². The van der Waals surface area contributed by atoms with Gasteiger partial charge in [0.25, 0.3) is 5.91 Å². The van der Waals surface area contributed by atoms with Crippen molar-refractivity contribution in [2.24, 2.45) is 0 Å². The minimum atomic E-state index is -0.517. The number of ether oxygens (including phenoxy) is 2. The average molecular weight is 342 g/mol. The molecule has 1 aromatic heterocycles. The van der Waals surface area contributed by atoms with Crippen molar-refractivity contribution in [3.63, 3.8) is 0 Å². The van der Waals surface area contributed by atoms with Gasteiger partial charge in [-0.05, 0) is 32.4 Å². The number of carbonyl (C=O) groups is 2. The van der Waals surface area contributed by atoms with Crippen LogP contribution in [0.3, 0.4) is 0 Å². The molecule has 0 aliphatic rings. The molecule has 1 N–H and O–H groups in total. The predicted molar refractivity (Wildman–Crippen MR) is 95.2 cm³/mol. The number of methoxy groups -OCH3 is 1. The van der Waals surface area contributed by atoms with E-state index in [4.69, 9.17) is 9.47 Å². The summed E-state index contributed by atoms with van der Waals surface area (Å²) in [6, 6.07) is 8.42. The van der Waals surface area contributed by atoms with Gasteiger partial charge in [-0.25, -0.2) is 4.79 Å². The highest BCUT2D eigenvalue weighted by atomic mass is 16.5. The van der Waals surface area contributed by atoms with Crippen LogP contribution in [0.25, 0.3) is 0 Å². The molecule has 0 aliphatic heterocycles. The van der Waals surface area contributed by atoms with Crippen LogP contribution in [-0.4, -0.2) is 30.6 Å². The number of amides is 1. The first-order valence-electron chi connectivity index (χ1n) is 8.07. The van der Waals surface area contributed by atoms with Crippen LogP contribution in [0.15, 0.2) is 30.3 Å². The number of nitrogens with zero attached hydrogens (tertiary/aromatic N) is 1. The van der Waals surface area contributed by atoms with Crippen LogP contribution >= 0.6 is 0 Å². The lowest BCUT2D eigenvalue weighted by Crippen LogP contribution is -2.18. The lowest BCUT2D eigenvalue weighted by molar-refractivity contribution is 0.0602. The van der Waals surface area contributed by atoms with Crippen molar-refractivity contribution < 1.29 is 19.1 Å². The second-order valence-corrected chi connectivity index (χ2v) is 5.56. The summed E-state index contributed by atoms with van der Waals surface area (Å²) in [7, 11) is 1.30. The number of hydrogen-bond donors (Lipinski definition) is 1. The number of aromatic nitrogens is 1. The van der Waals surface area contributed by atoms with Crippen LogP contribution in [0.1, 0.15) is 45.4 Å². The van der Waals surface area contributed by atoms with Gasteiger partial charge in [0.15, 0.2) is 0 Å². The first kappa shape index (κ1) is 18.4. The Hall–Kier alpha value is -2.89. The van der Waals surface area contributed by atoms with E-state index in [0.29, 0.717) is 29.3 Å². The number of anilines is 1. The SMILES string of the molecule is CCCOc1cc(C)nc(C)c1C(=O)Nc1ccccc1C(=O)OC. The molecule has 0 unspecified atom stereocenters. The van der Waals surface area contributed by atoms with Gasteiger partial charge < -0.3 is 14.8 Å². The van der Waals surface area contributed by atoms with Gasteiger partial charge in [0.2, 0.25) is 0 Å². The molecule has 0 saturated carbocycles. The van der Waals surface area contributed by atoms with Crippen molar-refractivity contribution in [1.82, 2.24) is 4.98 Å². The Balaban J connectivity index is 2.38. The smallest absolute Gasteiger partial charge is 0.339 e. The van der Waals surface area contributed by atoms with Crippen molar-refractivity contribution in [3.8, 4) is 5.75 Å². The molecule has 25 heavy (non-hydrogen) atoms. The molecule has 2 rings (SSSR count). The van der Waals surface area contributed by atoms with E-state index in [1.807, 2.05) is 13.8 Å². The maximum atomic E-state index is 12.8. The van der Waals surface area contributed by atoms with Gasteiger partial charge in [-0.15, -0.1) is 0 Å². The Morgan fingerprint density at radius 2 is 1.92 bits per heavy atom. The first-order chi connectivity index (χ1) is 12.0. The number of hydrogen-bond acceptors (Lipinski definition) is 5. The van der Waals surface area contributed by atoms with Gasteiger partial charge in [-0.1, -0.05) is 19.1 Å². The highest BCUT2D eigenvalue weighted by molar-refractivity contribution is 6.09. The van der Waals surface area contributed by atoms with Gasteiger partial charge in [0, 0.05) is 11.8 Å². The molecular formula is C19H22N2O4. The van der Waals surface area contributed by atoms with E-state index in [2.05, 4.69) is 10.3 Å². The van der Waals surface area contributed by atoms with E-state index >= 15 is 0 Å². The third-order valence-electron chi connectivity index (χ3n) is 3.56. The zero-order chi connectivity index (χ0) is 18.4. The van der Waals surface area contributed by atoms with Crippen molar-refractivity contribution in [2.45, 2.75) is 27.2 Å². The number of esters is 1.